The van der Waals surface area contributed by atoms with Crippen molar-refractivity contribution in [2.45, 2.75) is 0 Å². The summed E-state index contributed by atoms with van der Waals surface area (Å²) in [5, 5.41) is 3.00. The first-order chi connectivity index (χ1) is 8.69. The highest BCUT2D eigenvalue weighted by Gasteiger charge is 2.13. The first-order valence-electron chi connectivity index (χ1n) is 5.14. The maximum Gasteiger partial charge on any atom is 0.413 e. The van der Waals surface area contributed by atoms with Crippen LogP contribution in [-0.4, -0.2) is 25.3 Å². The van der Waals surface area contributed by atoms with E-state index in [4.69, 9.17) is 4.74 Å². The lowest BCUT2D eigenvalue weighted by atomic mass is 10.2. The van der Waals surface area contributed by atoms with E-state index in [0.29, 0.717) is 16.4 Å². The van der Waals surface area contributed by atoms with Crippen molar-refractivity contribution in [3.8, 4) is 5.75 Å². The topological polar surface area (TPSA) is 60.5 Å². The van der Waals surface area contributed by atoms with Gasteiger partial charge in [0.05, 0.1) is 18.9 Å². The van der Waals surface area contributed by atoms with Crippen LogP contribution in [0.5, 0.6) is 5.75 Å². The number of anilines is 1. The number of carbonyl (C=O) groups excluding carboxylic acids is 1. The summed E-state index contributed by atoms with van der Waals surface area (Å²) in [6.45, 7) is 3.75. The third-order valence-electron chi connectivity index (χ3n) is 2.37. The van der Waals surface area contributed by atoms with Gasteiger partial charge in [-0.15, -0.1) is 0 Å². The smallest absolute Gasteiger partial charge is 0.413 e. The van der Waals surface area contributed by atoms with E-state index in [2.05, 4.69) is 21.6 Å². The molecule has 0 unspecified atom stereocenters. The minimum absolute atomic E-state index is 0.462. The zero-order chi connectivity index (χ0) is 13.1. The molecule has 0 spiro atoms. The molecule has 94 valence electrons. The number of rotatable bonds is 3. The Labute approximate surface area is 108 Å². The molecular formula is C12H12N2O3S. The molecule has 0 fully saturated rings. The Morgan fingerprint density at radius 1 is 1.50 bits per heavy atom. The fourth-order valence-corrected chi connectivity index (χ4v) is 2.50. The third kappa shape index (κ3) is 2.14. The maximum atomic E-state index is 11.1. The monoisotopic (exact) mass is 264 g/mol. The van der Waals surface area contributed by atoms with Gasteiger partial charge in [-0.2, -0.15) is 0 Å². The van der Waals surface area contributed by atoms with Crippen LogP contribution in [0.1, 0.15) is 5.56 Å². The van der Waals surface area contributed by atoms with Crippen LogP contribution in [0, 0.1) is 0 Å². The van der Waals surface area contributed by atoms with Crippen molar-refractivity contribution in [1.82, 2.24) is 4.98 Å². The molecule has 0 aliphatic carbocycles. The van der Waals surface area contributed by atoms with E-state index in [1.807, 2.05) is 12.1 Å². The Hall–Kier alpha value is -2.08. The SMILES string of the molecule is C=Cc1ccc(OC)c2nc(NC(=O)OC)sc12. The summed E-state index contributed by atoms with van der Waals surface area (Å²) in [6, 6.07) is 3.72. The average molecular weight is 264 g/mol. The molecule has 0 radical (unpaired) electrons. The number of amides is 1. The van der Waals surface area contributed by atoms with Crippen LogP contribution in [0.4, 0.5) is 9.93 Å². The van der Waals surface area contributed by atoms with Gasteiger partial charge in [0, 0.05) is 0 Å². The molecule has 0 bridgehead atoms. The molecule has 1 heterocycles. The lowest BCUT2D eigenvalue weighted by molar-refractivity contribution is 0.187. The number of nitrogens with one attached hydrogen (secondary N) is 1. The molecule has 0 aliphatic rings. The van der Waals surface area contributed by atoms with E-state index in [9.17, 15) is 4.79 Å². The van der Waals surface area contributed by atoms with Gasteiger partial charge in [0.25, 0.3) is 0 Å². The standard InChI is InChI=1S/C12H12N2O3S/c1-4-7-5-6-8(16-2)9-10(7)18-11(13-9)14-12(15)17-3/h4-6H,1H2,2-3H3,(H,13,14,15). The molecule has 0 saturated heterocycles. The number of methoxy groups -OCH3 is 2. The minimum Gasteiger partial charge on any atom is -0.494 e. The fraction of sp³-hybridized carbons (Fsp3) is 0.167. The van der Waals surface area contributed by atoms with Crippen LogP contribution in [-0.2, 0) is 4.74 Å². The van der Waals surface area contributed by atoms with Crippen LogP contribution in [0.15, 0.2) is 18.7 Å². The molecule has 1 amide bonds. The van der Waals surface area contributed by atoms with Gasteiger partial charge < -0.3 is 9.47 Å². The molecule has 2 rings (SSSR count). The van der Waals surface area contributed by atoms with Gasteiger partial charge in [0.1, 0.15) is 11.3 Å². The van der Waals surface area contributed by atoms with Gasteiger partial charge >= 0.3 is 6.09 Å². The molecule has 0 saturated carbocycles. The summed E-state index contributed by atoms with van der Waals surface area (Å²) in [7, 11) is 2.88. The zero-order valence-electron chi connectivity index (χ0n) is 10.0. The Bertz CT molecular complexity index is 607. The Balaban J connectivity index is 2.54. The second-order valence-corrected chi connectivity index (χ2v) is 4.37. The third-order valence-corrected chi connectivity index (χ3v) is 3.39. The van der Waals surface area contributed by atoms with E-state index >= 15 is 0 Å². The number of benzene rings is 1. The number of fused-ring (bicyclic) bond motifs is 1. The largest absolute Gasteiger partial charge is 0.494 e. The van der Waals surface area contributed by atoms with Gasteiger partial charge in [-0.1, -0.05) is 24.0 Å². The molecule has 2 aromatic rings. The van der Waals surface area contributed by atoms with Crippen LogP contribution in [0.25, 0.3) is 16.3 Å². The van der Waals surface area contributed by atoms with Crippen molar-refractivity contribution in [3.63, 3.8) is 0 Å². The number of hydrogen-bond acceptors (Lipinski definition) is 5. The number of thiazole rings is 1. The summed E-state index contributed by atoms with van der Waals surface area (Å²) in [6.07, 6.45) is 1.19. The van der Waals surface area contributed by atoms with E-state index in [1.165, 1.54) is 18.4 Å². The van der Waals surface area contributed by atoms with Crippen molar-refractivity contribution in [2.75, 3.05) is 19.5 Å². The number of aromatic nitrogens is 1. The second kappa shape index (κ2) is 5.05. The van der Waals surface area contributed by atoms with Gasteiger partial charge in [0.15, 0.2) is 5.13 Å². The highest BCUT2D eigenvalue weighted by molar-refractivity contribution is 7.22. The van der Waals surface area contributed by atoms with Crippen LogP contribution >= 0.6 is 11.3 Å². The van der Waals surface area contributed by atoms with Gasteiger partial charge in [0.2, 0.25) is 0 Å². The van der Waals surface area contributed by atoms with E-state index in [0.717, 1.165) is 10.3 Å². The fourth-order valence-electron chi connectivity index (χ4n) is 1.52. The van der Waals surface area contributed by atoms with Crippen LogP contribution < -0.4 is 10.1 Å². The van der Waals surface area contributed by atoms with E-state index in [1.54, 1.807) is 13.2 Å². The number of hydrogen-bond donors (Lipinski definition) is 1. The van der Waals surface area contributed by atoms with Crippen molar-refractivity contribution in [3.05, 3.63) is 24.3 Å². The van der Waals surface area contributed by atoms with Crippen molar-refractivity contribution >= 4 is 38.9 Å². The van der Waals surface area contributed by atoms with Gasteiger partial charge in [-0.25, -0.2) is 9.78 Å². The second-order valence-electron chi connectivity index (χ2n) is 3.37. The van der Waals surface area contributed by atoms with Crippen molar-refractivity contribution in [2.24, 2.45) is 0 Å². The molecular weight excluding hydrogens is 252 g/mol. The molecule has 1 N–H and O–H groups in total. The first-order valence-corrected chi connectivity index (χ1v) is 5.96. The number of ether oxygens (including phenoxy) is 2. The molecule has 1 aromatic carbocycles. The first kappa shape index (κ1) is 12.4. The molecule has 0 atom stereocenters. The van der Waals surface area contributed by atoms with Gasteiger partial charge in [-0.05, 0) is 17.7 Å². The summed E-state index contributed by atoms with van der Waals surface area (Å²) in [5.41, 5.74) is 1.65. The molecule has 1 aromatic heterocycles. The molecule has 5 nitrogen and oxygen atoms in total. The Morgan fingerprint density at radius 2 is 2.28 bits per heavy atom. The molecule has 6 heteroatoms. The lowest BCUT2D eigenvalue weighted by Crippen LogP contribution is -2.10. The van der Waals surface area contributed by atoms with Crippen molar-refractivity contribution in [1.29, 1.82) is 0 Å². The predicted molar refractivity (Wildman–Crippen MR) is 72.3 cm³/mol. The maximum absolute atomic E-state index is 11.1. The average Bonchev–Trinajstić information content (AvgIpc) is 2.80. The summed E-state index contributed by atoms with van der Waals surface area (Å²) in [4.78, 5) is 15.5. The van der Waals surface area contributed by atoms with Crippen LogP contribution in [0.2, 0.25) is 0 Å². The highest BCUT2D eigenvalue weighted by Crippen LogP contribution is 2.35. The minimum atomic E-state index is -0.548. The lowest BCUT2D eigenvalue weighted by Gasteiger charge is -2.01. The number of nitrogens with zero attached hydrogens (tertiary/aromatic N) is 1. The highest BCUT2D eigenvalue weighted by atomic mass is 32.1. The summed E-state index contributed by atoms with van der Waals surface area (Å²) >= 11 is 1.35. The predicted octanol–water partition coefficient (Wildman–Crippen LogP) is 3.13. The van der Waals surface area contributed by atoms with Crippen LogP contribution in [0.3, 0.4) is 0 Å². The molecule has 18 heavy (non-hydrogen) atoms. The summed E-state index contributed by atoms with van der Waals surface area (Å²) in [5.74, 6) is 0.657. The van der Waals surface area contributed by atoms with Gasteiger partial charge in [-0.3, -0.25) is 5.32 Å². The summed E-state index contributed by atoms with van der Waals surface area (Å²) < 4.78 is 10.7. The number of carbonyl (C=O) groups is 1. The Morgan fingerprint density at radius 3 is 2.89 bits per heavy atom. The van der Waals surface area contributed by atoms with E-state index < -0.39 is 6.09 Å². The normalized spacial score (nSPS) is 10.1. The quantitative estimate of drug-likeness (QED) is 0.925. The van der Waals surface area contributed by atoms with E-state index in [-0.39, 0.29) is 0 Å². The zero-order valence-corrected chi connectivity index (χ0v) is 10.8. The van der Waals surface area contributed by atoms with Crippen molar-refractivity contribution < 1.29 is 14.3 Å². The Kier molecular flexibility index (Phi) is 3.47. The molecule has 0 aliphatic heterocycles.